The lowest BCUT2D eigenvalue weighted by Crippen LogP contribution is -2.31. The minimum absolute atomic E-state index is 0.0271. The van der Waals surface area contributed by atoms with Gasteiger partial charge in [-0.15, -0.1) is 0 Å². The van der Waals surface area contributed by atoms with Crippen molar-refractivity contribution >= 4 is 40.5 Å². The SMILES string of the molecule is CN1CCC(SCc2c(C(=O)c3ccccc3)oc3ccccc23)CC1.O=C(O)/C=C/C(=O)O. The van der Waals surface area contributed by atoms with Gasteiger partial charge >= 0.3 is 11.9 Å². The number of benzene rings is 2. The highest BCUT2D eigenvalue weighted by Gasteiger charge is 2.24. The Labute approximate surface area is 202 Å². The maximum Gasteiger partial charge on any atom is 0.328 e. The van der Waals surface area contributed by atoms with Crippen molar-refractivity contribution in [2.75, 3.05) is 20.1 Å². The number of nitrogens with zero attached hydrogens (tertiary/aromatic N) is 1. The molecule has 2 N–H and O–H groups in total. The summed E-state index contributed by atoms with van der Waals surface area (Å²) in [6.45, 7) is 2.30. The van der Waals surface area contributed by atoms with E-state index in [1.165, 1.54) is 12.8 Å². The number of ketones is 1. The second-order valence-corrected chi connectivity index (χ2v) is 9.21. The van der Waals surface area contributed by atoms with Crippen molar-refractivity contribution in [3.05, 3.63) is 83.6 Å². The lowest BCUT2D eigenvalue weighted by atomic mass is 10.0. The van der Waals surface area contributed by atoms with Gasteiger partial charge in [0.1, 0.15) is 5.58 Å². The number of carboxylic acids is 2. The molecule has 34 heavy (non-hydrogen) atoms. The Kier molecular flexibility index (Phi) is 9.07. The number of hydrogen-bond donors (Lipinski definition) is 2. The van der Waals surface area contributed by atoms with Crippen LogP contribution in [-0.2, 0) is 15.3 Å². The molecule has 4 rings (SSSR count). The predicted octanol–water partition coefficient (Wildman–Crippen LogP) is 4.70. The third kappa shape index (κ3) is 7.07. The van der Waals surface area contributed by atoms with Crippen LogP contribution in [0.3, 0.4) is 0 Å². The van der Waals surface area contributed by atoms with Crippen molar-refractivity contribution in [2.45, 2.75) is 23.8 Å². The van der Waals surface area contributed by atoms with Gasteiger partial charge in [0.25, 0.3) is 0 Å². The fourth-order valence-corrected chi connectivity index (χ4v) is 4.87. The summed E-state index contributed by atoms with van der Waals surface area (Å²) in [5.41, 5.74) is 2.52. The van der Waals surface area contributed by atoms with Gasteiger partial charge in [0.2, 0.25) is 5.78 Å². The van der Waals surface area contributed by atoms with E-state index in [1.807, 2.05) is 60.3 Å². The Hall–Kier alpha value is -3.36. The summed E-state index contributed by atoms with van der Waals surface area (Å²) >= 11 is 1.96. The van der Waals surface area contributed by atoms with Crippen LogP contribution in [-0.4, -0.2) is 58.2 Å². The number of carboxylic acid groups (broad SMARTS) is 2. The molecule has 7 nitrogen and oxygen atoms in total. The van der Waals surface area contributed by atoms with Crippen LogP contribution in [0, 0.1) is 0 Å². The van der Waals surface area contributed by atoms with Crippen molar-refractivity contribution in [1.29, 1.82) is 0 Å². The van der Waals surface area contributed by atoms with Gasteiger partial charge in [0, 0.05) is 39.7 Å². The first-order valence-corrected chi connectivity index (χ1v) is 11.9. The van der Waals surface area contributed by atoms with Crippen molar-refractivity contribution in [3.8, 4) is 0 Å². The molecular formula is C26H27NO6S. The number of carbonyl (C=O) groups is 3. The number of rotatable bonds is 7. The summed E-state index contributed by atoms with van der Waals surface area (Å²) in [5.74, 6) is -1.22. The number of likely N-dealkylation sites (tertiary alicyclic amines) is 1. The maximum atomic E-state index is 13.0. The molecule has 0 radical (unpaired) electrons. The lowest BCUT2D eigenvalue weighted by molar-refractivity contribution is -0.134. The van der Waals surface area contributed by atoms with Gasteiger partial charge in [-0.25, -0.2) is 9.59 Å². The summed E-state index contributed by atoms with van der Waals surface area (Å²) < 4.78 is 6.00. The number of hydrogen-bond acceptors (Lipinski definition) is 6. The number of thioether (sulfide) groups is 1. The molecule has 178 valence electrons. The summed E-state index contributed by atoms with van der Waals surface area (Å²) in [4.78, 5) is 34.5. The number of para-hydroxylation sites is 1. The van der Waals surface area contributed by atoms with Crippen LogP contribution >= 0.6 is 11.8 Å². The molecule has 0 saturated carbocycles. The monoisotopic (exact) mass is 481 g/mol. The third-order valence-electron chi connectivity index (χ3n) is 5.44. The molecule has 2 heterocycles. The highest BCUT2D eigenvalue weighted by Crippen LogP contribution is 2.34. The average Bonchev–Trinajstić information content (AvgIpc) is 3.21. The van der Waals surface area contributed by atoms with Crippen molar-refractivity contribution in [1.82, 2.24) is 4.90 Å². The first-order valence-electron chi connectivity index (χ1n) is 10.9. The third-order valence-corrected chi connectivity index (χ3v) is 6.84. The van der Waals surface area contributed by atoms with E-state index >= 15 is 0 Å². The molecule has 3 aromatic rings. The summed E-state index contributed by atoms with van der Waals surface area (Å²) in [6, 6.07) is 17.4. The minimum atomic E-state index is -1.26. The van der Waals surface area contributed by atoms with E-state index in [2.05, 4.69) is 18.0 Å². The molecule has 1 aliphatic rings. The topological polar surface area (TPSA) is 108 Å². The second-order valence-electron chi connectivity index (χ2n) is 7.92. The highest BCUT2D eigenvalue weighted by molar-refractivity contribution is 7.99. The number of fused-ring (bicyclic) bond motifs is 1. The van der Waals surface area contributed by atoms with Crippen molar-refractivity contribution < 1.29 is 29.0 Å². The van der Waals surface area contributed by atoms with E-state index in [0.717, 1.165) is 35.4 Å². The normalized spacial score (nSPS) is 14.6. The van der Waals surface area contributed by atoms with Crippen LogP contribution in [0.2, 0.25) is 0 Å². The van der Waals surface area contributed by atoms with Crippen LogP contribution < -0.4 is 0 Å². The molecule has 1 aliphatic heterocycles. The fourth-order valence-electron chi connectivity index (χ4n) is 3.64. The maximum absolute atomic E-state index is 13.0. The smallest absolute Gasteiger partial charge is 0.328 e. The first-order chi connectivity index (χ1) is 16.3. The summed E-state index contributed by atoms with van der Waals surface area (Å²) in [5, 5.41) is 17.3. The molecule has 2 aromatic carbocycles. The zero-order valence-corrected chi connectivity index (χ0v) is 19.7. The first kappa shape index (κ1) is 25.3. The van der Waals surface area contributed by atoms with Crippen LogP contribution in [0.5, 0.6) is 0 Å². The Morgan fingerprint density at radius 2 is 1.56 bits per heavy atom. The number of piperidine rings is 1. The van der Waals surface area contributed by atoms with E-state index in [0.29, 0.717) is 28.7 Å². The molecule has 0 bridgehead atoms. The van der Waals surface area contributed by atoms with Gasteiger partial charge < -0.3 is 19.5 Å². The van der Waals surface area contributed by atoms with Gasteiger partial charge in [-0.2, -0.15) is 11.8 Å². The zero-order valence-electron chi connectivity index (χ0n) is 18.8. The van der Waals surface area contributed by atoms with E-state index in [-0.39, 0.29) is 5.78 Å². The van der Waals surface area contributed by atoms with Crippen LogP contribution in [0.1, 0.15) is 34.5 Å². The van der Waals surface area contributed by atoms with Crippen LogP contribution in [0.4, 0.5) is 0 Å². The summed E-state index contributed by atoms with van der Waals surface area (Å²) in [6.07, 6.45) is 3.53. The van der Waals surface area contributed by atoms with Crippen molar-refractivity contribution in [2.24, 2.45) is 0 Å². The molecule has 1 fully saturated rings. The molecule has 1 saturated heterocycles. The standard InChI is InChI=1S/C22H23NO2S.C4H4O4/c1-23-13-11-17(12-14-23)26-15-19-18-9-5-6-10-20(18)25-22(19)21(24)16-7-3-2-4-8-16;5-3(6)1-2-4(7)8/h2-10,17H,11-15H2,1H3;1-2H,(H,5,6)(H,7,8)/b;2-1+. The highest BCUT2D eigenvalue weighted by atomic mass is 32.2. The van der Waals surface area contributed by atoms with Crippen LogP contribution in [0.15, 0.2) is 71.2 Å². The van der Waals surface area contributed by atoms with Gasteiger partial charge in [0.15, 0.2) is 5.76 Å². The number of furan rings is 1. The average molecular weight is 482 g/mol. The Bertz CT molecular complexity index is 1150. The minimum Gasteiger partial charge on any atom is -0.478 e. The molecule has 0 aliphatic carbocycles. The number of aliphatic carboxylic acids is 2. The quantitative estimate of drug-likeness (QED) is 0.369. The van der Waals surface area contributed by atoms with Gasteiger partial charge in [0.05, 0.1) is 0 Å². The summed E-state index contributed by atoms with van der Waals surface area (Å²) in [7, 11) is 2.18. The van der Waals surface area contributed by atoms with Gasteiger partial charge in [-0.3, -0.25) is 4.79 Å². The van der Waals surface area contributed by atoms with Gasteiger partial charge in [-0.1, -0.05) is 48.5 Å². The fraction of sp³-hybridized carbons (Fsp3) is 0.269. The number of carbonyl (C=O) groups excluding carboxylic acids is 1. The molecule has 0 amide bonds. The van der Waals surface area contributed by atoms with Crippen molar-refractivity contribution in [3.63, 3.8) is 0 Å². The Morgan fingerprint density at radius 3 is 2.18 bits per heavy atom. The lowest BCUT2D eigenvalue weighted by Gasteiger charge is -2.28. The molecular weight excluding hydrogens is 454 g/mol. The molecule has 8 heteroatoms. The second kappa shape index (κ2) is 12.2. The van der Waals surface area contributed by atoms with Gasteiger partial charge in [-0.05, 0) is 39.0 Å². The zero-order chi connectivity index (χ0) is 24.5. The van der Waals surface area contributed by atoms with Crippen LogP contribution in [0.25, 0.3) is 11.0 Å². The molecule has 0 spiro atoms. The Morgan fingerprint density at radius 1 is 0.971 bits per heavy atom. The van der Waals surface area contributed by atoms with E-state index in [9.17, 15) is 14.4 Å². The Balaban J connectivity index is 0.000000350. The molecule has 1 aromatic heterocycles. The van der Waals surface area contributed by atoms with E-state index in [4.69, 9.17) is 14.6 Å². The molecule has 0 atom stereocenters. The predicted molar refractivity (Wildman–Crippen MR) is 132 cm³/mol. The van der Waals surface area contributed by atoms with E-state index in [1.54, 1.807) is 0 Å². The van der Waals surface area contributed by atoms with E-state index < -0.39 is 11.9 Å². The largest absolute Gasteiger partial charge is 0.478 e. The molecule has 0 unspecified atom stereocenters.